The standard InChI is InChI=1S/C7H9NO2S/c9-7(10)5-3-8-6(11-5)4-1-2-4/h4-5H,1-3H2,(H,9,10). The molecule has 2 aliphatic rings. The Morgan fingerprint density at radius 2 is 2.36 bits per heavy atom. The van der Waals surface area contributed by atoms with E-state index < -0.39 is 5.97 Å². The molecular weight excluding hydrogens is 162 g/mol. The summed E-state index contributed by atoms with van der Waals surface area (Å²) in [4.78, 5) is 14.7. The van der Waals surface area contributed by atoms with Crippen LogP contribution in [0.5, 0.6) is 0 Å². The van der Waals surface area contributed by atoms with E-state index in [2.05, 4.69) is 4.99 Å². The van der Waals surface area contributed by atoms with Crippen molar-refractivity contribution in [2.75, 3.05) is 6.54 Å². The van der Waals surface area contributed by atoms with Crippen molar-refractivity contribution in [2.45, 2.75) is 18.1 Å². The van der Waals surface area contributed by atoms with E-state index in [-0.39, 0.29) is 5.25 Å². The van der Waals surface area contributed by atoms with Crippen LogP contribution in [-0.2, 0) is 4.79 Å². The lowest BCUT2D eigenvalue weighted by Crippen LogP contribution is -2.16. The normalized spacial score (nSPS) is 30.2. The van der Waals surface area contributed by atoms with Crippen molar-refractivity contribution < 1.29 is 9.90 Å². The van der Waals surface area contributed by atoms with E-state index in [4.69, 9.17) is 5.11 Å². The molecule has 1 aliphatic carbocycles. The SMILES string of the molecule is O=C(O)C1CN=C(C2CC2)S1. The van der Waals surface area contributed by atoms with Gasteiger partial charge in [0.1, 0.15) is 5.25 Å². The molecule has 0 spiro atoms. The summed E-state index contributed by atoms with van der Waals surface area (Å²) in [5.41, 5.74) is 0. The minimum atomic E-state index is -0.727. The molecule has 0 radical (unpaired) electrons. The van der Waals surface area contributed by atoms with Crippen molar-refractivity contribution in [3.05, 3.63) is 0 Å². The van der Waals surface area contributed by atoms with Crippen molar-refractivity contribution in [1.29, 1.82) is 0 Å². The van der Waals surface area contributed by atoms with Gasteiger partial charge in [-0.1, -0.05) is 11.8 Å². The monoisotopic (exact) mass is 171 g/mol. The van der Waals surface area contributed by atoms with E-state index >= 15 is 0 Å². The number of nitrogens with zero attached hydrogens (tertiary/aromatic N) is 1. The Hall–Kier alpha value is -0.510. The molecule has 1 saturated carbocycles. The van der Waals surface area contributed by atoms with Gasteiger partial charge in [-0.2, -0.15) is 0 Å². The molecule has 0 bridgehead atoms. The summed E-state index contributed by atoms with van der Waals surface area (Å²) in [7, 11) is 0. The maximum absolute atomic E-state index is 10.5. The first-order chi connectivity index (χ1) is 5.27. The Balaban J connectivity index is 1.94. The molecule has 0 saturated heterocycles. The number of thioether (sulfide) groups is 1. The molecule has 0 aromatic heterocycles. The van der Waals surface area contributed by atoms with Crippen LogP contribution in [0.25, 0.3) is 0 Å². The summed E-state index contributed by atoms with van der Waals surface area (Å²) in [5, 5.41) is 9.42. The van der Waals surface area contributed by atoms with Crippen molar-refractivity contribution in [1.82, 2.24) is 0 Å². The summed E-state index contributed by atoms with van der Waals surface area (Å²) in [6.07, 6.45) is 2.41. The first-order valence-corrected chi connectivity index (χ1v) is 4.59. The fourth-order valence-electron chi connectivity index (χ4n) is 1.08. The number of carboxylic acids is 1. The minimum Gasteiger partial charge on any atom is -0.480 e. The largest absolute Gasteiger partial charge is 0.480 e. The zero-order valence-electron chi connectivity index (χ0n) is 5.99. The van der Waals surface area contributed by atoms with Crippen LogP contribution < -0.4 is 0 Å². The van der Waals surface area contributed by atoms with Gasteiger partial charge in [0.25, 0.3) is 0 Å². The number of aliphatic imine (C=N–C) groups is 1. The summed E-state index contributed by atoms with van der Waals surface area (Å²) in [5.74, 6) is -0.112. The zero-order valence-corrected chi connectivity index (χ0v) is 6.80. The lowest BCUT2D eigenvalue weighted by molar-refractivity contribution is -0.136. The van der Waals surface area contributed by atoms with Gasteiger partial charge in [0, 0.05) is 5.92 Å². The van der Waals surface area contributed by atoms with Crippen LogP contribution in [0.3, 0.4) is 0 Å². The predicted molar refractivity (Wildman–Crippen MR) is 44.0 cm³/mol. The van der Waals surface area contributed by atoms with Gasteiger partial charge in [0.15, 0.2) is 0 Å². The summed E-state index contributed by atoms with van der Waals surface area (Å²) >= 11 is 1.44. The number of hydrogen-bond acceptors (Lipinski definition) is 3. The smallest absolute Gasteiger partial charge is 0.318 e. The number of carbonyl (C=O) groups is 1. The van der Waals surface area contributed by atoms with Crippen LogP contribution in [0.15, 0.2) is 4.99 Å². The number of carboxylic acid groups (broad SMARTS) is 1. The van der Waals surface area contributed by atoms with E-state index in [0.717, 1.165) is 5.04 Å². The second-order valence-corrected chi connectivity index (χ2v) is 4.12. The summed E-state index contributed by atoms with van der Waals surface area (Å²) < 4.78 is 0. The highest BCUT2D eigenvalue weighted by Crippen LogP contribution is 2.39. The van der Waals surface area contributed by atoms with E-state index in [1.165, 1.54) is 24.6 Å². The molecule has 60 valence electrons. The van der Waals surface area contributed by atoms with Crippen LogP contribution in [0, 0.1) is 5.92 Å². The van der Waals surface area contributed by atoms with Crippen LogP contribution >= 0.6 is 11.8 Å². The lowest BCUT2D eigenvalue weighted by Gasteiger charge is -1.99. The molecule has 11 heavy (non-hydrogen) atoms. The van der Waals surface area contributed by atoms with E-state index in [0.29, 0.717) is 12.5 Å². The van der Waals surface area contributed by atoms with Gasteiger partial charge < -0.3 is 5.11 Å². The highest BCUT2D eigenvalue weighted by Gasteiger charge is 2.35. The number of rotatable bonds is 2. The molecule has 1 aliphatic heterocycles. The molecule has 1 unspecified atom stereocenters. The van der Waals surface area contributed by atoms with Crippen molar-refractivity contribution >= 4 is 22.8 Å². The average molecular weight is 171 g/mol. The second kappa shape index (κ2) is 2.52. The summed E-state index contributed by atoms with van der Waals surface area (Å²) in [6, 6.07) is 0. The quantitative estimate of drug-likeness (QED) is 0.674. The maximum Gasteiger partial charge on any atom is 0.318 e. The Bertz CT molecular complexity index is 222. The van der Waals surface area contributed by atoms with Crippen molar-refractivity contribution in [2.24, 2.45) is 10.9 Å². The van der Waals surface area contributed by atoms with Gasteiger partial charge in [0.2, 0.25) is 0 Å². The Labute approximate surface area is 68.9 Å². The highest BCUT2D eigenvalue weighted by molar-refractivity contribution is 8.15. The molecule has 0 amide bonds. The molecule has 2 rings (SSSR count). The number of aliphatic carboxylic acids is 1. The Kier molecular flexibility index (Phi) is 1.64. The van der Waals surface area contributed by atoms with Crippen LogP contribution in [0.1, 0.15) is 12.8 Å². The number of hydrogen-bond donors (Lipinski definition) is 1. The fourth-order valence-corrected chi connectivity index (χ4v) is 2.20. The van der Waals surface area contributed by atoms with E-state index in [1.54, 1.807) is 0 Å². The molecule has 1 atom stereocenters. The van der Waals surface area contributed by atoms with E-state index in [1.807, 2.05) is 0 Å². The van der Waals surface area contributed by atoms with Gasteiger partial charge in [-0.3, -0.25) is 9.79 Å². The fraction of sp³-hybridized carbons (Fsp3) is 0.714. The van der Waals surface area contributed by atoms with Gasteiger partial charge in [-0.05, 0) is 12.8 Å². The third-order valence-corrected chi connectivity index (χ3v) is 3.22. The molecule has 0 aromatic carbocycles. The van der Waals surface area contributed by atoms with Gasteiger partial charge in [0.05, 0.1) is 11.6 Å². The molecule has 3 nitrogen and oxygen atoms in total. The third-order valence-electron chi connectivity index (χ3n) is 1.88. The molecular formula is C7H9NO2S. The molecule has 0 aromatic rings. The zero-order chi connectivity index (χ0) is 7.84. The van der Waals surface area contributed by atoms with Crippen LogP contribution in [-0.4, -0.2) is 27.9 Å². The van der Waals surface area contributed by atoms with E-state index in [9.17, 15) is 4.79 Å². The highest BCUT2D eigenvalue weighted by atomic mass is 32.2. The average Bonchev–Trinajstić information content (AvgIpc) is 2.68. The van der Waals surface area contributed by atoms with Gasteiger partial charge >= 0.3 is 5.97 Å². The first-order valence-electron chi connectivity index (χ1n) is 3.71. The molecule has 1 N–H and O–H groups in total. The van der Waals surface area contributed by atoms with Crippen molar-refractivity contribution in [3.63, 3.8) is 0 Å². The lowest BCUT2D eigenvalue weighted by atomic mass is 10.4. The third kappa shape index (κ3) is 1.40. The maximum atomic E-state index is 10.5. The minimum absolute atomic E-state index is 0.300. The van der Waals surface area contributed by atoms with Crippen LogP contribution in [0.2, 0.25) is 0 Å². The topological polar surface area (TPSA) is 49.7 Å². The second-order valence-electron chi connectivity index (χ2n) is 2.90. The van der Waals surface area contributed by atoms with Crippen LogP contribution in [0.4, 0.5) is 0 Å². The molecule has 4 heteroatoms. The summed E-state index contributed by atoms with van der Waals surface area (Å²) in [6.45, 7) is 0.478. The first kappa shape index (κ1) is 7.16. The van der Waals surface area contributed by atoms with Gasteiger partial charge in [-0.25, -0.2) is 0 Å². The van der Waals surface area contributed by atoms with Crippen molar-refractivity contribution in [3.8, 4) is 0 Å². The Morgan fingerprint density at radius 3 is 2.82 bits per heavy atom. The molecule has 1 fully saturated rings. The Morgan fingerprint density at radius 1 is 1.64 bits per heavy atom. The van der Waals surface area contributed by atoms with Gasteiger partial charge in [-0.15, -0.1) is 0 Å². The molecule has 1 heterocycles. The predicted octanol–water partition coefficient (Wildman–Crippen LogP) is 0.995.